The highest BCUT2D eigenvalue weighted by Crippen LogP contribution is 2.36. The van der Waals surface area contributed by atoms with Crippen molar-refractivity contribution < 1.29 is 28.2 Å². The van der Waals surface area contributed by atoms with Crippen molar-refractivity contribution in [2.75, 3.05) is 20.3 Å². The van der Waals surface area contributed by atoms with E-state index < -0.39 is 23.1 Å². The molecule has 0 unspecified atom stereocenters. The number of methoxy groups -OCH3 is 1. The molecule has 0 saturated carbocycles. The molecule has 39 heavy (non-hydrogen) atoms. The van der Waals surface area contributed by atoms with Gasteiger partial charge in [0.25, 0.3) is 0 Å². The van der Waals surface area contributed by atoms with E-state index in [1.807, 2.05) is 38.1 Å². The lowest BCUT2D eigenvalue weighted by molar-refractivity contribution is -0.142. The quantitative estimate of drug-likeness (QED) is 0.335. The van der Waals surface area contributed by atoms with Gasteiger partial charge in [0.1, 0.15) is 17.2 Å². The molecule has 0 spiro atoms. The van der Waals surface area contributed by atoms with E-state index in [2.05, 4.69) is 5.32 Å². The molecule has 1 N–H and O–H groups in total. The lowest BCUT2D eigenvalue weighted by atomic mass is 9.80. The monoisotopic (exact) mass is 539 g/mol. The SMILES string of the molecule is CCOC(=O)Cc1c(C(C)(C)CNC(=O)OC(C)(C)C)c(-c2ccc(F)cc2)nn1Cc1ccc(OC)cc1. The van der Waals surface area contributed by atoms with Crippen molar-refractivity contribution >= 4 is 12.1 Å². The Kier molecular flexibility index (Phi) is 9.37. The maximum Gasteiger partial charge on any atom is 0.407 e. The van der Waals surface area contributed by atoms with Gasteiger partial charge in [0, 0.05) is 23.1 Å². The first-order chi connectivity index (χ1) is 18.3. The summed E-state index contributed by atoms with van der Waals surface area (Å²) in [5, 5.41) is 7.78. The predicted octanol–water partition coefficient (Wildman–Crippen LogP) is 5.65. The molecule has 3 aromatic rings. The molecule has 210 valence electrons. The summed E-state index contributed by atoms with van der Waals surface area (Å²) in [5.74, 6) is -0.0280. The highest BCUT2D eigenvalue weighted by atomic mass is 19.1. The number of esters is 1. The molecule has 0 fully saturated rings. The Morgan fingerprint density at radius 1 is 1.00 bits per heavy atom. The number of benzene rings is 2. The lowest BCUT2D eigenvalue weighted by Crippen LogP contribution is -2.40. The largest absolute Gasteiger partial charge is 0.497 e. The molecule has 0 aliphatic rings. The van der Waals surface area contributed by atoms with E-state index in [1.165, 1.54) is 12.1 Å². The lowest BCUT2D eigenvalue weighted by Gasteiger charge is -2.28. The fourth-order valence-corrected chi connectivity index (χ4v) is 4.28. The molecule has 9 heteroatoms. The van der Waals surface area contributed by atoms with E-state index >= 15 is 0 Å². The Bertz CT molecular complexity index is 1280. The number of aromatic nitrogens is 2. The van der Waals surface area contributed by atoms with Crippen LogP contribution < -0.4 is 10.1 Å². The zero-order valence-corrected chi connectivity index (χ0v) is 23.8. The molecule has 1 heterocycles. The Balaban J connectivity index is 2.12. The van der Waals surface area contributed by atoms with Gasteiger partial charge >= 0.3 is 12.1 Å². The molecule has 8 nitrogen and oxygen atoms in total. The number of halogens is 1. The number of carbonyl (C=O) groups is 2. The molecule has 0 saturated heterocycles. The third-order valence-corrected chi connectivity index (χ3v) is 6.03. The number of nitrogens with zero attached hydrogens (tertiary/aromatic N) is 2. The van der Waals surface area contributed by atoms with Crippen LogP contribution in [0, 0.1) is 5.82 Å². The van der Waals surface area contributed by atoms with Gasteiger partial charge in [-0.25, -0.2) is 9.18 Å². The first-order valence-electron chi connectivity index (χ1n) is 12.9. The van der Waals surface area contributed by atoms with Gasteiger partial charge in [0.15, 0.2) is 0 Å². The van der Waals surface area contributed by atoms with Gasteiger partial charge in [-0.2, -0.15) is 5.10 Å². The Hall–Kier alpha value is -3.88. The van der Waals surface area contributed by atoms with E-state index in [0.717, 1.165) is 16.9 Å². The topological polar surface area (TPSA) is 91.7 Å². The molecule has 1 aromatic heterocycles. The van der Waals surface area contributed by atoms with Crippen LogP contribution in [0.3, 0.4) is 0 Å². The van der Waals surface area contributed by atoms with Crippen molar-refractivity contribution in [3.8, 4) is 17.0 Å². The summed E-state index contributed by atoms with van der Waals surface area (Å²) in [7, 11) is 1.61. The predicted molar refractivity (Wildman–Crippen MR) is 147 cm³/mol. The molecule has 0 radical (unpaired) electrons. The number of alkyl carbamates (subject to hydrolysis) is 1. The van der Waals surface area contributed by atoms with E-state index in [-0.39, 0.29) is 25.4 Å². The normalized spacial score (nSPS) is 11.7. The van der Waals surface area contributed by atoms with Crippen molar-refractivity contribution in [1.82, 2.24) is 15.1 Å². The van der Waals surface area contributed by atoms with Gasteiger partial charge in [0.2, 0.25) is 0 Å². The molecular weight excluding hydrogens is 501 g/mol. The Morgan fingerprint density at radius 3 is 2.21 bits per heavy atom. The van der Waals surface area contributed by atoms with E-state index in [1.54, 1.807) is 51.6 Å². The van der Waals surface area contributed by atoms with Crippen molar-refractivity contribution in [2.24, 2.45) is 0 Å². The number of ether oxygens (including phenoxy) is 3. The molecule has 0 aliphatic heterocycles. The second kappa shape index (κ2) is 12.3. The maximum absolute atomic E-state index is 13.8. The minimum atomic E-state index is -0.694. The first kappa shape index (κ1) is 29.7. The van der Waals surface area contributed by atoms with E-state index in [0.29, 0.717) is 23.5 Å². The average molecular weight is 540 g/mol. The smallest absolute Gasteiger partial charge is 0.407 e. The van der Waals surface area contributed by atoms with Crippen LogP contribution >= 0.6 is 0 Å². The number of nitrogens with one attached hydrogen (secondary N) is 1. The third-order valence-electron chi connectivity index (χ3n) is 6.03. The van der Waals surface area contributed by atoms with Crippen LogP contribution in [0.5, 0.6) is 5.75 Å². The number of carbonyl (C=O) groups excluding carboxylic acids is 2. The summed E-state index contributed by atoms with van der Waals surface area (Å²) in [5.41, 5.74) is 2.30. The molecule has 3 rings (SSSR count). The third kappa shape index (κ3) is 8.05. The van der Waals surface area contributed by atoms with Gasteiger partial charge in [-0.3, -0.25) is 9.48 Å². The minimum Gasteiger partial charge on any atom is -0.497 e. The van der Waals surface area contributed by atoms with Crippen LogP contribution in [-0.4, -0.2) is 47.7 Å². The van der Waals surface area contributed by atoms with Gasteiger partial charge in [-0.05, 0) is 69.7 Å². The second-order valence-corrected chi connectivity index (χ2v) is 10.9. The standard InChI is InChI=1S/C30H38FN3O5/c1-8-38-25(35)17-24-26(30(5,6)19-32-28(36)39-29(2,3)4)27(21-11-13-22(31)14-12-21)33-34(24)18-20-9-15-23(37-7)16-10-20/h9-16H,8,17-19H2,1-7H3,(H,32,36). The van der Waals surface area contributed by atoms with Crippen LogP contribution in [-0.2, 0) is 32.6 Å². The maximum atomic E-state index is 13.8. The Labute approximate surface area is 229 Å². The number of rotatable bonds is 10. The highest BCUT2D eigenvalue weighted by molar-refractivity contribution is 5.75. The van der Waals surface area contributed by atoms with Crippen molar-refractivity contribution in [3.05, 3.63) is 71.2 Å². The van der Waals surface area contributed by atoms with E-state index in [9.17, 15) is 14.0 Å². The van der Waals surface area contributed by atoms with Gasteiger partial charge in [0.05, 0.1) is 38.1 Å². The number of hydrogen-bond acceptors (Lipinski definition) is 6. The number of amides is 1. The van der Waals surface area contributed by atoms with Crippen molar-refractivity contribution in [3.63, 3.8) is 0 Å². The van der Waals surface area contributed by atoms with Crippen LogP contribution in [0.15, 0.2) is 48.5 Å². The first-order valence-corrected chi connectivity index (χ1v) is 12.9. The summed E-state index contributed by atoms with van der Waals surface area (Å²) in [6.07, 6.45) is -0.569. The molecule has 0 bridgehead atoms. The summed E-state index contributed by atoms with van der Waals surface area (Å²) in [6, 6.07) is 13.6. The summed E-state index contributed by atoms with van der Waals surface area (Å²) in [6.45, 7) is 11.9. The fourth-order valence-electron chi connectivity index (χ4n) is 4.28. The summed E-state index contributed by atoms with van der Waals surface area (Å²) >= 11 is 0. The van der Waals surface area contributed by atoms with Crippen LogP contribution in [0.25, 0.3) is 11.3 Å². The highest BCUT2D eigenvalue weighted by Gasteiger charge is 2.34. The molecule has 1 amide bonds. The summed E-state index contributed by atoms with van der Waals surface area (Å²) < 4.78 is 31.6. The van der Waals surface area contributed by atoms with Crippen LogP contribution in [0.4, 0.5) is 9.18 Å². The van der Waals surface area contributed by atoms with Gasteiger partial charge in [-0.15, -0.1) is 0 Å². The molecule has 0 aliphatic carbocycles. The van der Waals surface area contributed by atoms with Crippen LogP contribution in [0.1, 0.15) is 58.4 Å². The van der Waals surface area contributed by atoms with Crippen molar-refractivity contribution in [1.29, 1.82) is 0 Å². The molecule has 2 aromatic carbocycles. The summed E-state index contributed by atoms with van der Waals surface area (Å²) in [4.78, 5) is 25.3. The van der Waals surface area contributed by atoms with Crippen LogP contribution in [0.2, 0.25) is 0 Å². The average Bonchev–Trinajstić information content (AvgIpc) is 3.21. The zero-order valence-electron chi connectivity index (χ0n) is 23.8. The minimum absolute atomic E-state index is 0.0244. The fraction of sp³-hybridized carbons (Fsp3) is 0.433. The van der Waals surface area contributed by atoms with Crippen molar-refractivity contribution in [2.45, 2.75) is 65.5 Å². The second-order valence-electron chi connectivity index (χ2n) is 10.9. The molecule has 0 atom stereocenters. The van der Waals surface area contributed by atoms with E-state index in [4.69, 9.17) is 19.3 Å². The van der Waals surface area contributed by atoms with Gasteiger partial charge < -0.3 is 19.5 Å². The van der Waals surface area contributed by atoms with Gasteiger partial charge in [-0.1, -0.05) is 26.0 Å². The zero-order chi connectivity index (χ0) is 28.8. The Morgan fingerprint density at radius 2 is 1.64 bits per heavy atom. The number of hydrogen-bond donors (Lipinski definition) is 1. The molecular formula is C30H38FN3O5.